The minimum Gasteiger partial charge on any atom is -0.790 e. The van der Waals surface area contributed by atoms with Crippen LogP contribution >= 0.6 is 21.3 Å². The number of hydrogen-bond acceptors (Lipinski definition) is 8. The molecule has 0 aliphatic heterocycles. The van der Waals surface area contributed by atoms with Crippen molar-refractivity contribution in [2.75, 3.05) is 13.2 Å². The van der Waals surface area contributed by atoms with Crippen molar-refractivity contribution in [3.05, 3.63) is 0 Å². The third-order valence-corrected chi connectivity index (χ3v) is 5.17. The van der Waals surface area contributed by atoms with Crippen molar-refractivity contribution in [3.8, 4) is 47.4 Å². The number of hydrogen-bond donors (Lipinski definition) is 0. The molecule has 0 N–H and O–H groups in total. The zero-order valence-corrected chi connectivity index (χ0v) is 29.6. The molecule has 0 aliphatic rings. The van der Waals surface area contributed by atoms with Crippen molar-refractivity contribution in [2.45, 2.75) is 97.0 Å². The second kappa shape index (κ2) is 32.2. The molecule has 0 spiro atoms. The summed E-state index contributed by atoms with van der Waals surface area (Å²) in [5.41, 5.74) is 0. The monoisotopic (exact) mass is 612 g/mol. The SMILES string of the molecule is CC#CC#CC#CC#CC(=O)OC[C@@H](COP(=O)([O-])[O-])OC(=O)CCCCCCCCCCCCC.S.[HH].[HH].[HH].[HH].[HH].[HH].[HH].[Na+].[Na+]. The van der Waals surface area contributed by atoms with E-state index in [-0.39, 0.29) is 89.0 Å². The van der Waals surface area contributed by atoms with E-state index in [0.717, 1.165) is 19.3 Å². The van der Waals surface area contributed by atoms with E-state index in [4.69, 9.17) is 9.47 Å². The molecule has 0 aromatic heterocycles. The Balaban J connectivity index is -0.000000136. The maximum absolute atomic E-state index is 12.1. The molecule has 8 nitrogen and oxygen atoms in total. The van der Waals surface area contributed by atoms with Crippen LogP contribution in [0.1, 0.15) is 101 Å². The second-order valence-electron chi connectivity index (χ2n) is 7.86. The van der Waals surface area contributed by atoms with Crippen molar-refractivity contribution < 1.29 is 107 Å². The van der Waals surface area contributed by atoms with Gasteiger partial charge in [0.15, 0.2) is 6.10 Å². The summed E-state index contributed by atoms with van der Waals surface area (Å²) < 4.78 is 24.9. The molecule has 0 bridgehead atoms. The Morgan fingerprint density at radius 1 is 0.795 bits per heavy atom. The Kier molecular flexibility index (Phi) is 37.6. The van der Waals surface area contributed by atoms with Crippen molar-refractivity contribution in [1.29, 1.82) is 0 Å². The van der Waals surface area contributed by atoms with Crippen molar-refractivity contribution in [3.63, 3.8) is 0 Å². The van der Waals surface area contributed by atoms with E-state index in [1.807, 2.05) is 0 Å². The van der Waals surface area contributed by atoms with Crippen LogP contribution in [0.4, 0.5) is 0 Å². The van der Waals surface area contributed by atoms with E-state index in [1.165, 1.54) is 44.9 Å². The summed E-state index contributed by atoms with van der Waals surface area (Å²) in [5.74, 6) is 17.3. The summed E-state index contributed by atoms with van der Waals surface area (Å²) in [5, 5.41) is 0. The van der Waals surface area contributed by atoms with Crippen LogP contribution in [-0.4, -0.2) is 31.3 Å². The largest absolute Gasteiger partial charge is 1.00 e. The van der Waals surface area contributed by atoms with E-state index < -0.39 is 39.1 Å². The van der Waals surface area contributed by atoms with Gasteiger partial charge in [-0.3, -0.25) is 4.79 Å². The summed E-state index contributed by atoms with van der Waals surface area (Å²) in [6, 6.07) is 0. The molecule has 39 heavy (non-hydrogen) atoms. The van der Waals surface area contributed by atoms with Gasteiger partial charge in [0.25, 0.3) is 0 Å². The van der Waals surface area contributed by atoms with Crippen molar-refractivity contribution >= 4 is 33.3 Å². The summed E-state index contributed by atoms with van der Waals surface area (Å²) in [7, 11) is -5.29. The maximum atomic E-state index is 12.1. The third-order valence-electron chi connectivity index (χ3n) is 4.70. The molecule has 0 aromatic rings. The molecule has 0 heterocycles. The number of ether oxygens (including phenoxy) is 2. The summed E-state index contributed by atoms with van der Waals surface area (Å²) in [6.45, 7) is 2.53. The number of carbonyl (C=O) groups excluding carboxylic acids is 2. The zero-order valence-electron chi connectivity index (χ0n) is 23.7. The second-order valence-corrected chi connectivity index (χ2v) is 9.02. The molecule has 0 rings (SSSR count). The topological polar surface area (TPSA) is 125 Å². The van der Waals surface area contributed by atoms with Crippen LogP contribution in [0.5, 0.6) is 0 Å². The number of esters is 2. The summed E-state index contributed by atoms with van der Waals surface area (Å²) in [6.07, 6.45) is 11.3. The summed E-state index contributed by atoms with van der Waals surface area (Å²) in [4.78, 5) is 45.3. The van der Waals surface area contributed by atoms with E-state index in [2.05, 4.69) is 58.8 Å². The number of rotatable bonds is 18. The molecule has 220 valence electrons. The van der Waals surface area contributed by atoms with Gasteiger partial charge in [0.2, 0.25) is 0 Å². The van der Waals surface area contributed by atoms with Crippen LogP contribution in [0, 0.1) is 47.4 Å². The fourth-order valence-electron chi connectivity index (χ4n) is 2.94. The Bertz CT molecular complexity index is 984. The fourth-order valence-corrected chi connectivity index (χ4v) is 3.29. The number of phosphoric ester groups is 1. The number of carbonyl (C=O) groups is 2. The first-order chi connectivity index (χ1) is 17.3. The van der Waals surface area contributed by atoms with Crippen LogP contribution in [-0.2, 0) is 28.2 Å². The van der Waals surface area contributed by atoms with E-state index in [9.17, 15) is 23.9 Å². The average molecular weight is 613 g/mol. The molecule has 0 aromatic carbocycles. The minimum atomic E-state index is -5.29. The van der Waals surface area contributed by atoms with Crippen LogP contribution in [0.15, 0.2) is 0 Å². The van der Waals surface area contributed by atoms with Crippen LogP contribution in [0.3, 0.4) is 0 Å². The molecule has 0 radical (unpaired) electrons. The molecule has 0 aliphatic carbocycles. The number of phosphoric acid groups is 1. The van der Waals surface area contributed by atoms with E-state index in [0.29, 0.717) is 6.42 Å². The van der Waals surface area contributed by atoms with Gasteiger partial charge in [0.1, 0.15) is 6.61 Å². The van der Waals surface area contributed by atoms with Crippen LogP contribution < -0.4 is 68.9 Å². The minimum absolute atomic E-state index is 0. The molecular weight excluding hydrogens is 561 g/mol. The van der Waals surface area contributed by atoms with Gasteiger partial charge in [-0.25, -0.2) is 4.79 Å². The van der Waals surface area contributed by atoms with Crippen molar-refractivity contribution in [1.82, 2.24) is 0 Å². The quantitative estimate of drug-likeness (QED) is 0.0476. The standard InChI is InChI=1S/C27H37O8P.2Na.H2S.7H2/c1-3-5-7-9-11-12-13-14-16-18-20-22-27(29)35-25(24-34-36(30,31)32)23-33-26(28)21-19-17-15-10-8-6-4-2;;;;;;;;;;/h25H,3,5,7,9,11-14,16,18,20,22-24H2,1-2H3,(H2,30,31,32);;;1H2;7*1H/q;2*+1;;;;;;;;/p-2/t25-;;;;;;;;;;/m0........../s1. The Morgan fingerprint density at radius 3 is 1.79 bits per heavy atom. The molecule has 12 heteroatoms. The molecule has 0 unspecified atom stereocenters. The van der Waals surface area contributed by atoms with Gasteiger partial charge >= 0.3 is 71.1 Å². The fraction of sp³-hybridized carbons (Fsp3) is 0.630. The normalized spacial score (nSPS) is 9.85. The zero-order chi connectivity index (χ0) is 26.9. The average Bonchev–Trinajstić information content (AvgIpc) is 2.83. The molecule has 0 fully saturated rings. The first kappa shape index (κ1) is 45.6. The third kappa shape index (κ3) is 35.6. The van der Waals surface area contributed by atoms with Gasteiger partial charge in [0.05, 0.1) is 14.4 Å². The predicted molar refractivity (Wildman–Crippen MR) is 157 cm³/mol. The van der Waals surface area contributed by atoms with Gasteiger partial charge in [-0.1, -0.05) is 77.1 Å². The molecule has 0 saturated heterocycles. The first-order valence-electron chi connectivity index (χ1n) is 12.2. The first-order valence-corrected chi connectivity index (χ1v) is 13.7. The summed E-state index contributed by atoms with van der Waals surface area (Å²) >= 11 is 0. The van der Waals surface area contributed by atoms with E-state index in [1.54, 1.807) is 6.92 Å². The smallest absolute Gasteiger partial charge is 0.790 e. The Morgan fingerprint density at radius 2 is 1.28 bits per heavy atom. The van der Waals surface area contributed by atoms with Crippen molar-refractivity contribution in [2.24, 2.45) is 0 Å². The number of unbranched alkanes of at least 4 members (excludes halogenated alkanes) is 10. The molecule has 0 amide bonds. The molecule has 0 saturated carbocycles. The van der Waals surface area contributed by atoms with Gasteiger partial charge < -0.3 is 28.3 Å². The Hall–Kier alpha value is -0.360. The van der Waals surface area contributed by atoms with Crippen LogP contribution in [0.2, 0.25) is 0 Å². The molecule has 1 atom stereocenters. The molecular formula is C27H51Na2O8PS. The van der Waals surface area contributed by atoms with E-state index >= 15 is 0 Å². The van der Waals surface area contributed by atoms with Crippen LogP contribution in [0.25, 0.3) is 0 Å². The predicted octanol–water partition coefficient (Wildman–Crippen LogP) is -1.14. The Labute approximate surface area is 295 Å². The van der Waals surface area contributed by atoms with Gasteiger partial charge in [-0.05, 0) is 48.9 Å². The van der Waals surface area contributed by atoms with Gasteiger partial charge in [0, 0.05) is 22.3 Å². The van der Waals surface area contributed by atoms with Gasteiger partial charge in [-0.2, -0.15) is 13.5 Å². The maximum Gasteiger partial charge on any atom is 1.00 e. The van der Waals surface area contributed by atoms with Gasteiger partial charge in [-0.15, -0.1) is 0 Å².